The van der Waals surface area contributed by atoms with Crippen molar-refractivity contribution in [2.24, 2.45) is 0 Å². The molecule has 0 amide bonds. The van der Waals surface area contributed by atoms with Crippen LogP contribution in [0.15, 0.2) is 103 Å². The summed E-state index contributed by atoms with van der Waals surface area (Å²) in [4.78, 5) is 15.6. The molecule has 3 nitrogen and oxygen atoms in total. The maximum absolute atomic E-state index is 13.3. The lowest BCUT2D eigenvalue weighted by Gasteiger charge is -2.35. The average Bonchev–Trinajstić information content (AvgIpc) is 2.85. The minimum Gasteiger partial charge on any atom is -0.497 e. The Morgan fingerprint density at radius 3 is 2.31 bits per heavy atom. The second kappa shape index (κ2) is 8.72. The van der Waals surface area contributed by atoms with E-state index in [1.54, 1.807) is 7.11 Å². The van der Waals surface area contributed by atoms with Crippen LogP contribution in [0.2, 0.25) is 0 Å². The Balaban J connectivity index is 1.55. The summed E-state index contributed by atoms with van der Waals surface area (Å²) in [6.45, 7) is 0.738. The number of ketones is 1. The highest BCUT2D eigenvalue weighted by atomic mass is 16.5. The van der Waals surface area contributed by atoms with Crippen LogP contribution in [0, 0.1) is 0 Å². The molecule has 158 valence electrons. The van der Waals surface area contributed by atoms with Gasteiger partial charge in [0, 0.05) is 24.7 Å². The Hall–Kier alpha value is -3.85. The lowest BCUT2D eigenvalue weighted by atomic mass is 9.89. The maximum Gasteiger partial charge on any atom is 0.167 e. The Morgan fingerprint density at radius 2 is 1.56 bits per heavy atom. The number of carbonyl (C=O) groups excluding carboxylic acids is 1. The van der Waals surface area contributed by atoms with Crippen molar-refractivity contribution in [1.29, 1.82) is 0 Å². The van der Waals surface area contributed by atoms with Gasteiger partial charge in [0.25, 0.3) is 0 Å². The molecule has 0 saturated heterocycles. The van der Waals surface area contributed by atoms with Crippen LogP contribution in [0.4, 0.5) is 0 Å². The van der Waals surface area contributed by atoms with Crippen molar-refractivity contribution in [2.45, 2.75) is 19.0 Å². The third-order valence-electron chi connectivity index (χ3n) is 6.14. The van der Waals surface area contributed by atoms with Crippen LogP contribution < -0.4 is 4.74 Å². The van der Waals surface area contributed by atoms with Gasteiger partial charge in [-0.2, -0.15) is 0 Å². The van der Waals surface area contributed by atoms with Crippen molar-refractivity contribution >= 4 is 22.1 Å². The molecule has 1 heterocycles. The van der Waals surface area contributed by atoms with Gasteiger partial charge < -0.3 is 9.64 Å². The van der Waals surface area contributed by atoms with E-state index in [1.165, 1.54) is 10.9 Å². The predicted molar refractivity (Wildman–Crippen MR) is 129 cm³/mol. The van der Waals surface area contributed by atoms with E-state index >= 15 is 0 Å². The van der Waals surface area contributed by atoms with Crippen LogP contribution in [0.3, 0.4) is 0 Å². The van der Waals surface area contributed by atoms with Crippen LogP contribution >= 0.6 is 0 Å². The summed E-state index contributed by atoms with van der Waals surface area (Å²) in [5.74, 6) is 0.989. The van der Waals surface area contributed by atoms with Crippen LogP contribution in [0.1, 0.15) is 29.2 Å². The molecular weight excluding hydrogens is 394 g/mol. The Kier molecular flexibility index (Phi) is 5.47. The molecule has 1 aliphatic rings. The topological polar surface area (TPSA) is 29.5 Å². The Morgan fingerprint density at radius 1 is 0.844 bits per heavy atom. The lowest BCUT2D eigenvalue weighted by molar-refractivity contribution is -0.115. The molecule has 0 spiro atoms. The average molecular weight is 420 g/mol. The second-order valence-electron chi connectivity index (χ2n) is 8.18. The summed E-state index contributed by atoms with van der Waals surface area (Å²) in [6.07, 6.45) is 2.50. The number of nitrogens with zero attached hydrogens (tertiary/aromatic N) is 1. The van der Waals surface area contributed by atoms with Crippen molar-refractivity contribution in [1.82, 2.24) is 4.90 Å². The van der Waals surface area contributed by atoms with Gasteiger partial charge in [-0.25, -0.2) is 0 Å². The normalized spacial score (nSPS) is 16.2. The molecule has 3 heteroatoms. The molecule has 4 aromatic rings. The van der Waals surface area contributed by atoms with Crippen LogP contribution in [0.25, 0.3) is 16.3 Å². The second-order valence-corrected chi connectivity index (χ2v) is 8.18. The summed E-state index contributed by atoms with van der Waals surface area (Å²) in [5, 5.41) is 2.32. The minimum atomic E-state index is -0.0159. The molecule has 4 aromatic carbocycles. The van der Waals surface area contributed by atoms with E-state index in [9.17, 15) is 4.79 Å². The number of rotatable bonds is 5. The first-order valence-corrected chi connectivity index (χ1v) is 10.9. The van der Waals surface area contributed by atoms with Gasteiger partial charge >= 0.3 is 0 Å². The molecule has 5 rings (SSSR count). The molecule has 0 saturated carbocycles. The molecule has 1 atom stereocenters. The van der Waals surface area contributed by atoms with Gasteiger partial charge in [0.15, 0.2) is 5.78 Å². The number of Topliss-reactive ketones (excluding diaryl/α,β-unsaturated/α-hetero) is 1. The maximum atomic E-state index is 13.3. The molecule has 0 fully saturated rings. The molecule has 0 radical (unpaired) electrons. The smallest absolute Gasteiger partial charge is 0.167 e. The number of carbonyl (C=O) groups is 1. The number of methoxy groups -OCH3 is 1. The summed E-state index contributed by atoms with van der Waals surface area (Å²) in [7, 11) is 1.67. The quantitative estimate of drug-likeness (QED) is 0.375. The Bertz CT molecular complexity index is 1280. The minimum absolute atomic E-state index is 0.0159. The predicted octanol–water partition coefficient (Wildman–Crippen LogP) is 6.41. The fourth-order valence-electron chi connectivity index (χ4n) is 4.41. The van der Waals surface area contributed by atoms with E-state index in [4.69, 9.17) is 4.74 Å². The van der Waals surface area contributed by atoms with E-state index < -0.39 is 0 Å². The van der Waals surface area contributed by atoms with E-state index in [-0.39, 0.29) is 11.8 Å². The zero-order valence-electron chi connectivity index (χ0n) is 18.1. The first-order valence-electron chi connectivity index (χ1n) is 10.9. The molecule has 0 bridgehead atoms. The molecule has 1 aliphatic heterocycles. The van der Waals surface area contributed by atoms with E-state index in [2.05, 4.69) is 77.8 Å². The Labute approximate surface area is 188 Å². The van der Waals surface area contributed by atoms with Crippen molar-refractivity contribution in [3.05, 3.63) is 120 Å². The third-order valence-corrected chi connectivity index (χ3v) is 6.14. The SMILES string of the molecule is COc1ccc(C2CC(=O)C(c3ccc4ccccc4c3)=CN2Cc2ccccc2)cc1. The fraction of sp³-hybridized carbons (Fsp3) is 0.138. The van der Waals surface area contributed by atoms with Crippen LogP contribution in [0.5, 0.6) is 5.75 Å². The first-order chi connectivity index (χ1) is 15.7. The molecule has 0 aliphatic carbocycles. The van der Waals surface area contributed by atoms with E-state index in [0.717, 1.165) is 34.4 Å². The summed E-state index contributed by atoms with van der Waals surface area (Å²) in [6, 6.07) is 32.9. The number of fused-ring (bicyclic) bond motifs is 1. The molecule has 1 unspecified atom stereocenters. The van der Waals surface area contributed by atoms with Gasteiger partial charge in [0.05, 0.1) is 13.2 Å². The molecular formula is C29H25NO2. The van der Waals surface area contributed by atoms with E-state index in [1.807, 2.05) is 30.3 Å². The summed E-state index contributed by atoms with van der Waals surface area (Å²) in [5.41, 5.74) is 4.08. The van der Waals surface area contributed by atoms with Crippen molar-refractivity contribution in [2.75, 3.05) is 7.11 Å². The molecule has 32 heavy (non-hydrogen) atoms. The standard InChI is InChI=1S/C29H25NO2/c1-32-26-15-13-23(14-16-26)28-18-29(31)27(20-30(28)19-21-7-3-2-4-8-21)25-12-11-22-9-5-6-10-24(22)17-25/h2-17,20,28H,18-19H2,1H3. The molecule has 0 N–H and O–H groups in total. The lowest BCUT2D eigenvalue weighted by Crippen LogP contribution is -2.30. The highest BCUT2D eigenvalue weighted by molar-refractivity contribution is 6.22. The van der Waals surface area contributed by atoms with Gasteiger partial charge in [-0.1, -0.05) is 78.9 Å². The van der Waals surface area contributed by atoms with E-state index in [0.29, 0.717) is 6.42 Å². The highest BCUT2D eigenvalue weighted by Gasteiger charge is 2.29. The summed E-state index contributed by atoms with van der Waals surface area (Å²) >= 11 is 0. The zero-order chi connectivity index (χ0) is 21.9. The highest BCUT2D eigenvalue weighted by Crippen LogP contribution is 2.36. The third kappa shape index (κ3) is 4.02. The van der Waals surface area contributed by atoms with Gasteiger partial charge in [-0.3, -0.25) is 4.79 Å². The van der Waals surface area contributed by atoms with Crippen molar-refractivity contribution < 1.29 is 9.53 Å². The van der Waals surface area contributed by atoms with Gasteiger partial charge in [-0.15, -0.1) is 0 Å². The summed E-state index contributed by atoms with van der Waals surface area (Å²) < 4.78 is 5.32. The number of hydrogen-bond acceptors (Lipinski definition) is 3. The van der Waals surface area contributed by atoms with Crippen LogP contribution in [-0.4, -0.2) is 17.8 Å². The number of allylic oxidation sites excluding steroid dienone is 1. The van der Waals surface area contributed by atoms with Crippen molar-refractivity contribution in [3.63, 3.8) is 0 Å². The number of hydrogen-bond donors (Lipinski definition) is 0. The zero-order valence-corrected chi connectivity index (χ0v) is 18.1. The van der Waals surface area contributed by atoms with Crippen LogP contribution in [-0.2, 0) is 11.3 Å². The number of ether oxygens (including phenoxy) is 1. The van der Waals surface area contributed by atoms with Gasteiger partial charge in [0.1, 0.15) is 5.75 Å². The monoisotopic (exact) mass is 419 g/mol. The number of benzene rings is 4. The van der Waals surface area contributed by atoms with Crippen molar-refractivity contribution in [3.8, 4) is 5.75 Å². The molecule has 0 aromatic heterocycles. The van der Waals surface area contributed by atoms with Gasteiger partial charge in [0.2, 0.25) is 0 Å². The van der Waals surface area contributed by atoms with Gasteiger partial charge in [-0.05, 0) is 45.7 Å². The largest absolute Gasteiger partial charge is 0.497 e. The first kappa shape index (κ1) is 20.1. The fourth-order valence-corrected chi connectivity index (χ4v) is 4.41.